The van der Waals surface area contributed by atoms with E-state index in [4.69, 9.17) is 5.26 Å². The molecule has 1 aromatic carbocycles. The molecule has 0 aromatic heterocycles. The zero-order valence-corrected chi connectivity index (χ0v) is 12.1. The van der Waals surface area contributed by atoms with E-state index >= 15 is 0 Å². The Morgan fingerprint density at radius 1 is 1.50 bits per heavy atom. The van der Waals surface area contributed by atoms with Crippen LogP contribution in [0.25, 0.3) is 0 Å². The number of rotatable bonds is 3. The molecule has 1 aliphatic rings. The van der Waals surface area contributed by atoms with Crippen LogP contribution in [0.3, 0.4) is 0 Å². The number of amides is 1. The number of hydrogen-bond donors (Lipinski definition) is 1. The molecule has 4 nitrogen and oxygen atoms in total. The number of nitriles is 1. The summed E-state index contributed by atoms with van der Waals surface area (Å²) in [7, 11) is 0. The van der Waals surface area contributed by atoms with E-state index in [1.54, 1.807) is 18.2 Å². The van der Waals surface area contributed by atoms with Crippen LogP contribution in [0.5, 0.6) is 0 Å². The smallest absolute Gasteiger partial charge is 0.241 e. The highest BCUT2D eigenvalue weighted by atomic mass is 16.2. The average Bonchev–Trinajstić information content (AvgIpc) is 2.47. The highest BCUT2D eigenvalue weighted by molar-refractivity contribution is 5.94. The molecular weight excluding hydrogens is 250 g/mol. The van der Waals surface area contributed by atoms with Gasteiger partial charge in [0.25, 0.3) is 0 Å². The summed E-state index contributed by atoms with van der Waals surface area (Å²) in [6, 6.07) is 9.41. The van der Waals surface area contributed by atoms with Gasteiger partial charge in [0, 0.05) is 11.7 Å². The minimum Gasteiger partial charge on any atom is -0.325 e. The first-order chi connectivity index (χ1) is 9.61. The van der Waals surface area contributed by atoms with Crippen molar-refractivity contribution in [1.82, 2.24) is 4.90 Å². The Labute approximate surface area is 120 Å². The van der Waals surface area contributed by atoms with E-state index in [1.165, 1.54) is 6.42 Å². The number of hydrogen-bond acceptors (Lipinski definition) is 3. The van der Waals surface area contributed by atoms with Crippen LogP contribution in [0.15, 0.2) is 24.3 Å². The highest BCUT2D eigenvalue weighted by Gasteiger charge is 2.27. The Bertz CT molecular complexity index is 521. The van der Waals surface area contributed by atoms with Gasteiger partial charge in [0.15, 0.2) is 0 Å². The fourth-order valence-electron chi connectivity index (χ4n) is 2.76. The number of nitrogens with zero attached hydrogens (tertiary/aromatic N) is 2. The number of piperidine rings is 1. The van der Waals surface area contributed by atoms with Crippen LogP contribution >= 0.6 is 0 Å². The van der Waals surface area contributed by atoms with Gasteiger partial charge in [-0.15, -0.1) is 0 Å². The fourth-order valence-corrected chi connectivity index (χ4v) is 2.76. The van der Waals surface area contributed by atoms with E-state index in [2.05, 4.69) is 23.2 Å². The normalized spacial score (nSPS) is 20.9. The molecule has 0 radical (unpaired) electrons. The van der Waals surface area contributed by atoms with Gasteiger partial charge < -0.3 is 5.32 Å². The maximum Gasteiger partial charge on any atom is 0.241 e. The van der Waals surface area contributed by atoms with E-state index in [0.29, 0.717) is 17.3 Å². The topological polar surface area (TPSA) is 56.1 Å². The van der Waals surface area contributed by atoms with Crippen molar-refractivity contribution < 1.29 is 4.79 Å². The van der Waals surface area contributed by atoms with Crippen LogP contribution in [0, 0.1) is 11.3 Å². The lowest BCUT2D eigenvalue weighted by molar-refractivity contribution is -0.122. The van der Waals surface area contributed by atoms with Crippen LogP contribution in [-0.2, 0) is 4.79 Å². The molecule has 20 heavy (non-hydrogen) atoms. The van der Waals surface area contributed by atoms with Gasteiger partial charge in [-0.3, -0.25) is 9.69 Å². The van der Waals surface area contributed by atoms with E-state index in [1.807, 2.05) is 13.0 Å². The molecule has 2 atom stereocenters. The van der Waals surface area contributed by atoms with Crippen molar-refractivity contribution in [2.45, 2.75) is 45.2 Å². The summed E-state index contributed by atoms with van der Waals surface area (Å²) in [4.78, 5) is 14.6. The number of carbonyl (C=O) groups excluding carboxylic acids is 1. The molecule has 1 aliphatic heterocycles. The van der Waals surface area contributed by atoms with Gasteiger partial charge in [-0.2, -0.15) is 5.26 Å². The summed E-state index contributed by atoms with van der Waals surface area (Å²) < 4.78 is 0. The summed E-state index contributed by atoms with van der Waals surface area (Å²) >= 11 is 0. The van der Waals surface area contributed by atoms with E-state index in [9.17, 15) is 4.79 Å². The molecule has 1 aromatic rings. The van der Waals surface area contributed by atoms with Crippen molar-refractivity contribution in [2.75, 3.05) is 11.9 Å². The number of carbonyl (C=O) groups is 1. The summed E-state index contributed by atoms with van der Waals surface area (Å²) in [5.41, 5.74) is 1.24. The average molecular weight is 271 g/mol. The van der Waals surface area contributed by atoms with E-state index in [-0.39, 0.29) is 11.9 Å². The van der Waals surface area contributed by atoms with Crippen LogP contribution < -0.4 is 5.32 Å². The van der Waals surface area contributed by atoms with Gasteiger partial charge in [-0.1, -0.05) is 12.5 Å². The largest absolute Gasteiger partial charge is 0.325 e. The number of anilines is 1. The molecule has 1 saturated heterocycles. The summed E-state index contributed by atoms with van der Waals surface area (Å²) in [6.07, 6.45) is 3.56. The molecule has 1 N–H and O–H groups in total. The molecular formula is C16H21N3O. The molecule has 4 heteroatoms. The second-order valence-electron chi connectivity index (χ2n) is 5.44. The molecule has 106 valence electrons. The zero-order chi connectivity index (χ0) is 14.5. The van der Waals surface area contributed by atoms with Crippen molar-refractivity contribution in [3.8, 4) is 6.07 Å². The fraction of sp³-hybridized carbons (Fsp3) is 0.500. The van der Waals surface area contributed by atoms with Gasteiger partial charge in [0.05, 0.1) is 17.7 Å². The molecule has 1 heterocycles. The third-order valence-electron chi connectivity index (χ3n) is 3.99. The Balaban J connectivity index is 2.01. The molecule has 1 amide bonds. The minimum absolute atomic E-state index is 0.00570. The third kappa shape index (κ3) is 3.37. The molecule has 0 bridgehead atoms. The second-order valence-corrected chi connectivity index (χ2v) is 5.44. The van der Waals surface area contributed by atoms with Crippen LogP contribution in [0.1, 0.15) is 38.7 Å². The van der Waals surface area contributed by atoms with Gasteiger partial charge in [-0.05, 0) is 51.4 Å². The Kier molecular flexibility index (Phi) is 4.75. The van der Waals surface area contributed by atoms with Crippen LogP contribution in [0.2, 0.25) is 0 Å². The third-order valence-corrected chi connectivity index (χ3v) is 3.99. The van der Waals surface area contributed by atoms with Crippen LogP contribution in [0.4, 0.5) is 5.69 Å². The number of nitrogens with one attached hydrogen (secondary N) is 1. The maximum atomic E-state index is 12.3. The van der Waals surface area contributed by atoms with Crippen molar-refractivity contribution in [3.63, 3.8) is 0 Å². The first-order valence-electron chi connectivity index (χ1n) is 7.18. The van der Waals surface area contributed by atoms with Gasteiger partial charge >= 0.3 is 0 Å². The van der Waals surface area contributed by atoms with Crippen molar-refractivity contribution in [3.05, 3.63) is 29.8 Å². The molecule has 2 rings (SSSR count). The number of benzene rings is 1. The van der Waals surface area contributed by atoms with Crippen molar-refractivity contribution in [1.29, 1.82) is 5.26 Å². The number of likely N-dealkylation sites (tertiary alicyclic amines) is 1. The summed E-state index contributed by atoms with van der Waals surface area (Å²) in [5.74, 6) is -0.00570. The monoisotopic (exact) mass is 271 g/mol. The highest BCUT2D eigenvalue weighted by Crippen LogP contribution is 2.20. The lowest BCUT2D eigenvalue weighted by atomic mass is 10.0. The zero-order valence-electron chi connectivity index (χ0n) is 12.1. The van der Waals surface area contributed by atoms with E-state index in [0.717, 1.165) is 19.4 Å². The Morgan fingerprint density at radius 2 is 2.30 bits per heavy atom. The first-order valence-corrected chi connectivity index (χ1v) is 7.18. The quantitative estimate of drug-likeness (QED) is 0.919. The molecule has 2 unspecified atom stereocenters. The second kappa shape index (κ2) is 6.53. The SMILES string of the molecule is CC1CCCCN1C(C)C(=O)Nc1cccc(C#N)c1. The minimum atomic E-state index is -0.143. The summed E-state index contributed by atoms with van der Waals surface area (Å²) in [6.45, 7) is 5.11. The van der Waals surface area contributed by atoms with E-state index < -0.39 is 0 Å². The standard InChI is InChI=1S/C16H21N3O/c1-12-6-3-4-9-19(12)13(2)16(20)18-15-8-5-7-14(10-15)11-17/h5,7-8,10,12-13H,3-4,6,9H2,1-2H3,(H,18,20). The first kappa shape index (κ1) is 14.5. The maximum absolute atomic E-state index is 12.3. The lowest BCUT2D eigenvalue weighted by Gasteiger charge is -2.37. The Hall–Kier alpha value is -1.86. The Morgan fingerprint density at radius 3 is 3.00 bits per heavy atom. The molecule has 0 spiro atoms. The molecule has 0 saturated carbocycles. The van der Waals surface area contributed by atoms with Gasteiger partial charge in [-0.25, -0.2) is 0 Å². The lowest BCUT2D eigenvalue weighted by Crippen LogP contribution is -2.48. The van der Waals surface area contributed by atoms with Gasteiger partial charge in [0.2, 0.25) is 5.91 Å². The van der Waals surface area contributed by atoms with Crippen molar-refractivity contribution >= 4 is 11.6 Å². The summed E-state index contributed by atoms with van der Waals surface area (Å²) in [5, 5.41) is 11.8. The van der Waals surface area contributed by atoms with Crippen LogP contribution in [-0.4, -0.2) is 29.4 Å². The van der Waals surface area contributed by atoms with Gasteiger partial charge in [0.1, 0.15) is 0 Å². The molecule has 1 fully saturated rings. The predicted molar refractivity (Wildman–Crippen MR) is 79.3 cm³/mol. The molecule has 0 aliphatic carbocycles. The predicted octanol–water partition coefficient (Wildman–Crippen LogP) is 2.76. The van der Waals surface area contributed by atoms with Crippen molar-refractivity contribution in [2.24, 2.45) is 0 Å².